The summed E-state index contributed by atoms with van der Waals surface area (Å²) in [7, 11) is 1.89. The fourth-order valence-electron chi connectivity index (χ4n) is 1.48. The van der Waals surface area contributed by atoms with Gasteiger partial charge in [0.15, 0.2) is 0 Å². The quantitative estimate of drug-likeness (QED) is 0.607. The van der Waals surface area contributed by atoms with Gasteiger partial charge in [-0.25, -0.2) is 5.01 Å². The number of hydrogen-bond acceptors (Lipinski definition) is 2. The second-order valence-electron chi connectivity index (χ2n) is 5.18. The standard InChI is InChI=1S/C13H22N2/c1-13(2,3)12-7-5-11(6-8-12)9-10-15(4)14/h5-8H,9-10,14H2,1-4H3. The Morgan fingerprint density at radius 3 is 2.07 bits per heavy atom. The van der Waals surface area contributed by atoms with E-state index in [0.717, 1.165) is 13.0 Å². The van der Waals surface area contributed by atoms with Crippen LogP contribution in [-0.4, -0.2) is 18.6 Å². The first-order valence-electron chi connectivity index (χ1n) is 5.45. The minimum Gasteiger partial charge on any atom is -0.269 e. The van der Waals surface area contributed by atoms with Gasteiger partial charge in [0.05, 0.1) is 0 Å². The highest BCUT2D eigenvalue weighted by Gasteiger charge is 2.12. The van der Waals surface area contributed by atoms with Gasteiger partial charge in [-0.3, -0.25) is 5.84 Å². The summed E-state index contributed by atoms with van der Waals surface area (Å²) in [4.78, 5) is 0. The van der Waals surface area contributed by atoms with Crippen molar-refractivity contribution in [2.24, 2.45) is 5.84 Å². The van der Waals surface area contributed by atoms with E-state index in [9.17, 15) is 0 Å². The molecule has 0 radical (unpaired) electrons. The fourth-order valence-corrected chi connectivity index (χ4v) is 1.48. The van der Waals surface area contributed by atoms with E-state index in [1.807, 2.05) is 7.05 Å². The smallest absolute Gasteiger partial charge is 0.0165 e. The zero-order valence-electron chi connectivity index (χ0n) is 10.2. The van der Waals surface area contributed by atoms with E-state index in [0.29, 0.717) is 0 Å². The fraction of sp³-hybridized carbons (Fsp3) is 0.538. The average Bonchev–Trinajstić information content (AvgIpc) is 2.14. The van der Waals surface area contributed by atoms with Gasteiger partial charge in [0.2, 0.25) is 0 Å². The number of hydrogen-bond donors (Lipinski definition) is 1. The molecule has 2 heteroatoms. The van der Waals surface area contributed by atoms with Gasteiger partial charge in [-0.1, -0.05) is 45.0 Å². The number of benzene rings is 1. The summed E-state index contributed by atoms with van der Waals surface area (Å²) >= 11 is 0. The van der Waals surface area contributed by atoms with Gasteiger partial charge in [0.25, 0.3) is 0 Å². The second-order valence-corrected chi connectivity index (χ2v) is 5.18. The first kappa shape index (κ1) is 12.2. The summed E-state index contributed by atoms with van der Waals surface area (Å²) in [6.45, 7) is 7.59. The lowest BCUT2D eigenvalue weighted by Gasteiger charge is -2.19. The van der Waals surface area contributed by atoms with E-state index in [1.165, 1.54) is 11.1 Å². The molecule has 2 nitrogen and oxygen atoms in total. The maximum atomic E-state index is 5.57. The van der Waals surface area contributed by atoms with Gasteiger partial charge in [0, 0.05) is 13.6 Å². The molecule has 15 heavy (non-hydrogen) atoms. The van der Waals surface area contributed by atoms with Crippen LogP contribution in [0.25, 0.3) is 0 Å². The van der Waals surface area contributed by atoms with Crippen molar-refractivity contribution >= 4 is 0 Å². The molecule has 0 fully saturated rings. The zero-order chi connectivity index (χ0) is 11.5. The Morgan fingerprint density at radius 2 is 1.67 bits per heavy atom. The number of nitrogens with two attached hydrogens (primary N) is 1. The summed E-state index contributed by atoms with van der Waals surface area (Å²) in [5, 5.41) is 1.72. The van der Waals surface area contributed by atoms with Crippen molar-refractivity contribution in [1.82, 2.24) is 5.01 Å². The Morgan fingerprint density at radius 1 is 1.13 bits per heavy atom. The minimum atomic E-state index is 0.239. The van der Waals surface area contributed by atoms with Crippen LogP contribution in [0.3, 0.4) is 0 Å². The SMILES string of the molecule is CN(N)CCc1ccc(C(C)(C)C)cc1. The van der Waals surface area contributed by atoms with Crippen LogP contribution in [0.15, 0.2) is 24.3 Å². The van der Waals surface area contributed by atoms with Crippen LogP contribution in [0.4, 0.5) is 0 Å². The molecule has 1 rings (SSSR count). The first-order chi connectivity index (χ1) is 6.89. The van der Waals surface area contributed by atoms with Gasteiger partial charge in [-0.15, -0.1) is 0 Å². The Kier molecular flexibility index (Phi) is 3.89. The van der Waals surface area contributed by atoms with Crippen molar-refractivity contribution in [2.75, 3.05) is 13.6 Å². The van der Waals surface area contributed by atoms with Crippen molar-refractivity contribution in [3.63, 3.8) is 0 Å². The molecule has 2 N–H and O–H groups in total. The Hall–Kier alpha value is -0.860. The zero-order valence-corrected chi connectivity index (χ0v) is 10.2. The number of hydrazine groups is 1. The lowest BCUT2D eigenvalue weighted by Crippen LogP contribution is -2.28. The number of nitrogens with zero attached hydrogens (tertiary/aromatic N) is 1. The number of likely N-dealkylation sites (N-methyl/N-ethyl adjacent to an activating group) is 1. The van der Waals surface area contributed by atoms with E-state index in [4.69, 9.17) is 5.84 Å². The third kappa shape index (κ3) is 4.02. The maximum absolute atomic E-state index is 5.57. The van der Waals surface area contributed by atoms with Crippen molar-refractivity contribution in [1.29, 1.82) is 0 Å². The molecule has 0 unspecified atom stereocenters. The van der Waals surface area contributed by atoms with Crippen LogP contribution in [-0.2, 0) is 11.8 Å². The van der Waals surface area contributed by atoms with Gasteiger partial charge in [0.1, 0.15) is 0 Å². The molecule has 0 amide bonds. The Balaban J connectivity index is 2.65. The van der Waals surface area contributed by atoms with Crippen LogP contribution in [0.5, 0.6) is 0 Å². The van der Waals surface area contributed by atoms with E-state index >= 15 is 0 Å². The summed E-state index contributed by atoms with van der Waals surface area (Å²) in [5.41, 5.74) is 2.97. The van der Waals surface area contributed by atoms with E-state index in [1.54, 1.807) is 5.01 Å². The number of rotatable bonds is 3. The highest BCUT2D eigenvalue weighted by atomic mass is 15.4. The molecule has 0 aliphatic rings. The monoisotopic (exact) mass is 206 g/mol. The van der Waals surface area contributed by atoms with Crippen molar-refractivity contribution in [2.45, 2.75) is 32.6 Å². The summed E-state index contributed by atoms with van der Waals surface area (Å²) in [5.74, 6) is 5.57. The largest absolute Gasteiger partial charge is 0.269 e. The minimum absolute atomic E-state index is 0.239. The average molecular weight is 206 g/mol. The topological polar surface area (TPSA) is 29.3 Å². The summed E-state index contributed by atoms with van der Waals surface area (Å²) < 4.78 is 0. The lowest BCUT2D eigenvalue weighted by molar-refractivity contribution is 0.354. The predicted molar refractivity (Wildman–Crippen MR) is 65.7 cm³/mol. The van der Waals surface area contributed by atoms with Crippen LogP contribution < -0.4 is 5.84 Å². The molecule has 84 valence electrons. The van der Waals surface area contributed by atoms with Crippen LogP contribution >= 0.6 is 0 Å². The van der Waals surface area contributed by atoms with Gasteiger partial charge >= 0.3 is 0 Å². The molecule has 0 spiro atoms. The Bertz CT molecular complexity index is 293. The predicted octanol–water partition coefficient (Wildman–Crippen LogP) is 2.33. The third-order valence-corrected chi connectivity index (χ3v) is 2.57. The van der Waals surface area contributed by atoms with E-state index in [2.05, 4.69) is 45.0 Å². The van der Waals surface area contributed by atoms with Gasteiger partial charge < -0.3 is 0 Å². The summed E-state index contributed by atoms with van der Waals surface area (Å²) in [6, 6.07) is 8.83. The van der Waals surface area contributed by atoms with Crippen LogP contribution in [0.1, 0.15) is 31.9 Å². The lowest BCUT2D eigenvalue weighted by atomic mass is 9.86. The highest BCUT2D eigenvalue weighted by Crippen LogP contribution is 2.22. The van der Waals surface area contributed by atoms with Crippen molar-refractivity contribution in [3.05, 3.63) is 35.4 Å². The molecule has 0 saturated heterocycles. The van der Waals surface area contributed by atoms with E-state index < -0.39 is 0 Å². The molecule has 0 heterocycles. The molecule has 0 aliphatic carbocycles. The molecule has 1 aromatic carbocycles. The van der Waals surface area contributed by atoms with Crippen molar-refractivity contribution in [3.8, 4) is 0 Å². The molecule has 0 saturated carbocycles. The van der Waals surface area contributed by atoms with E-state index in [-0.39, 0.29) is 5.41 Å². The Labute approximate surface area is 93.1 Å². The van der Waals surface area contributed by atoms with Crippen LogP contribution in [0.2, 0.25) is 0 Å². The van der Waals surface area contributed by atoms with Gasteiger partial charge in [-0.2, -0.15) is 0 Å². The second kappa shape index (κ2) is 4.77. The third-order valence-electron chi connectivity index (χ3n) is 2.57. The van der Waals surface area contributed by atoms with Crippen molar-refractivity contribution < 1.29 is 0 Å². The normalized spacial score (nSPS) is 12.1. The summed E-state index contributed by atoms with van der Waals surface area (Å²) in [6.07, 6.45) is 1.01. The first-order valence-corrected chi connectivity index (χ1v) is 5.45. The van der Waals surface area contributed by atoms with Gasteiger partial charge in [-0.05, 0) is 23.0 Å². The molecular weight excluding hydrogens is 184 g/mol. The maximum Gasteiger partial charge on any atom is 0.0165 e. The molecule has 0 aliphatic heterocycles. The molecule has 0 bridgehead atoms. The molecule has 0 atom stereocenters. The molecule has 1 aromatic rings. The highest BCUT2D eigenvalue weighted by molar-refractivity contribution is 5.27. The molecular formula is C13H22N2. The van der Waals surface area contributed by atoms with Crippen LogP contribution in [0, 0.1) is 0 Å². The molecule has 0 aromatic heterocycles.